The summed E-state index contributed by atoms with van der Waals surface area (Å²) in [5.41, 5.74) is 0.230. The van der Waals surface area contributed by atoms with Crippen LogP contribution in [-0.4, -0.2) is 51.6 Å². The van der Waals surface area contributed by atoms with Crippen LogP contribution in [0.25, 0.3) is 6.08 Å². The SMILES string of the molecule is O=C(CN1C(=O)S/C(=C/c2cc(Cl)cc(Cl)c2O)C1=O)N1CCCC1. The molecule has 3 amide bonds. The van der Waals surface area contributed by atoms with Gasteiger partial charge in [-0.3, -0.25) is 19.3 Å². The fourth-order valence-electron chi connectivity index (χ4n) is 2.68. The smallest absolute Gasteiger partial charge is 0.294 e. The molecule has 0 bridgehead atoms. The molecule has 0 saturated carbocycles. The highest BCUT2D eigenvalue weighted by Crippen LogP contribution is 2.37. The summed E-state index contributed by atoms with van der Waals surface area (Å²) >= 11 is 12.5. The van der Waals surface area contributed by atoms with Crippen molar-refractivity contribution < 1.29 is 19.5 Å². The Balaban J connectivity index is 1.80. The summed E-state index contributed by atoms with van der Waals surface area (Å²) in [6, 6.07) is 2.81. The van der Waals surface area contributed by atoms with Crippen molar-refractivity contribution in [1.82, 2.24) is 9.80 Å². The first-order valence-electron chi connectivity index (χ1n) is 7.58. The normalized spacial score (nSPS) is 19.4. The molecule has 0 aromatic heterocycles. The predicted octanol–water partition coefficient (Wildman–Crippen LogP) is 3.36. The van der Waals surface area contributed by atoms with E-state index >= 15 is 0 Å². The molecule has 0 aliphatic carbocycles. The summed E-state index contributed by atoms with van der Waals surface area (Å²) in [5, 5.41) is 9.79. The van der Waals surface area contributed by atoms with E-state index in [0.717, 1.165) is 17.7 Å². The number of halogens is 2. The highest BCUT2D eigenvalue weighted by molar-refractivity contribution is 8.18. The standard InChI is InChI=1S/C16H14Cl2N2O4S/c17-10-5-9(14(22)11(18)7-10)6-12-15(23)20(16(24)25-12)8-13(21)19-3-1-2-4-19/h5-7,22H,1-4,8H2/b12-6+. The van der Waals surface area contributed by atoms with E-state index in [1.54, 1.807) is 4.90 Å². The molecule has 25 heavy (non-hydrogen) atoms. The number of aromatic hydroxyl groups is 1. The molecule has 0 spiro atoms. The van der Waals surface area contributed by atoms with Gasteiger partial charge < -0.3 is 10.0 Å². The van der Waals surface area contributed by atoms with Crippen LogP contribution in [-0.2, 0) is 9.59 Å². The summed E-state index contributed by atoms with van der Waals surface area (Å²) in [6.45, 7) is 1.03. The number of rotatable bonds is 3. The minimum absolute atomic E-state index is 0.0437. The van der Waals surface area contributed by atoms with Crippen LogP contribution in [0, 0.1) is 0 Å². The van der Waals surface area contributed by atoms with Crippen molar-refractivity contribution in [2.24, 2.45) is 0 Å². The van der Waals surface area contributed by atoms with E-state index in [0.29, 0.717) is 24.9 Å². The van der Waals surface area contributed by atoms with Crippen LogP contribution >= 0.6 is 35.0 Å². The quantitative estimate of drug-likeness (QED) is 0.786. The van der Waals surface area contributed by atoms with Gasteiger partial charge in [0.25, 0.3) is 11.1 Å². The number of phenols is 1. The van der Waals surface area contributed by atoms with Gasteiger partial charge in [0.2, 0.25) is 5.91 Å². The second-order valence-electron chi connectivity index (χ2n) is 5.68. The first kappa shape index (κ1) is 18.1. The topological polar surface area (TPSA) is 77.9 Å². The molecule has 1 N–H and O–H groups in total. The Morgan fingerprint density at radius 1 is 1.24 bits per heavy atom. The number of nitrogens with zero attached hydrogens (tertiary/aromatic N) is 2. The fourth-order valence-corrected chi connectivity index (χ4v) is 4.01. The summed E-state index contributed by atoms with van der Waals surface area (Å²) in [5.74, 6) is -1.04. The zero-order chi connectivity index (χ0) is 18.1. The number of hydrogen-bond acceptors (Lipinski definition) is 5. The lowest BCUT2D eigenvalue weighted by Crippen LogP contribution is -2.40. The van der Waals surface area contributed by atoms with Crippen molar-refractivity contribution in [3.8, 4) is 5.75 Å². The molecular weight excluding hydrogens is 387 g/mol. The van der Waals surface area contributed by atoms with E-state index in [9.17, 15) is 19.5 Å². The van der Waals surface area contributed by atoms with E-state index in [1.807, 2.05) is 0 Å². The lowest BCUT2D eigenvalue weighted by molar-refractivity contribution is -0.135. The average molecular weight is 401 g/mol. The molecule has 0 radical (unpaired) electrons. The van der Waals surface area contributed by atoms with Crippen LogP contribution in [0.2, 0.25) is 10.0 Å². The Morgan fingerprint density at radius 2 is 1.92 bits per heavy atom. The van der Waals surface area contributed by atoms with Crippen LogP contribution in [0.1, 0.15) is 18.4 Å². The minimum atomic E-state index is -0.571. The largest absolute Gasteiger partial charge is 0.506 e. The highest BCUT2D eigenvalue weighted by atomic mass is 35.5. The van der Waals surface area contributed by atoms with Crippen molar-refractivity contribution in [3.05, 3.63) is 32.6 Å². The third-order valence-corrected chi connectivity index (χ3v) is 5.38. The second kappa shape index (κ2) is 7.27. The Hall–Kier alpha value is -1.70. The predicted molar refractivity (Wildman–Crippen MR) is 96.6 cm³/mol. The molecule has 6 nitrogen and oxygen atoms in total. The molecule has 2 saturated heterocycles. The van der Waals surface area contributed by atoms with Crippen molar-refractivity contribution in [3.63, 3.8) is 0 Å². The highest BCUT2D eigenvalue weighted by Gasteiger charge is 2.37. The lowest BCUT2D eigenvalue weighted by Gasteiger charge is -2.18. The molecule has 3 rings (SSSR count). The lowest BCUT2D eigenvalue weighted by atomic mass is 10.2. The number of imide groups is 1. The Kier molecular flexibility index (Phi) is 5.27. The number of carbonyl (C=O) groups is 3. The van der Waals surface area contributed by atoms with Gasteiger partial charge in [-0.25, -0.2) is 0 Å². The molecule has 2 aliphatic rings. The third kappa shape index (κ3) is 3.78. The molecule has 1 aromatic rings. The number of benzene rings is 1. The number of thioether (sulfide) groups is 1. The number of phenolic OH excluding ortho intramolecular Hbond substituents is 1. The Labute approximate surface area is 158 Å². The van der Waals surface area contributed by atoms with Gasteiger partial charge in [0.05, 0.1) is 9.93 Å². The summed E-state index contributed by atoms with van der Waals surface area (Å²) in [7, 11) is 0. The van der Waals surface area contributed by atoms with Crippen LogP contribution in [0.15, 0.2) is 17.0 Å². The summed E-state index contributed by atoms with van der Waals surface area (Å²) < 4.78 is 0. The molecule has 132 valence electrons. The van der Waals surface area contributed by atoms with Gasteiger partial charge in [-0.1, -0.05) is 23.2 Å². The van der Waals surface area contributed by atoms with E-state index in [-0.39, 0.29) is 38.7 Å². The van der Waals surface area contributed by atoms with E-state index in [4.69, 9.17) is 23.2 Å². The van der Waals surface area contributed by atoms with Crippen LogP contribution in [0.4, 0.5) is 4.79 Å². The number of amides is 3. The fraction of sp³-hybridized carbons (Fsp3) is 0.312. The van der Waals surface area contributed by atoms with Crippen molar-refractivity contribution in [2.75, 3.05) is 19.6 Å². The van der Waals surface area contributed by atoms with Crippen LogP contribution in [0.3, 0.4) is 0 Å². The monoisotopic (exact) mass is 400 g/mol. The van der Waals surface area contributed by atoms with E-state index < -0.39 is 11.1 Å². The molecule has 9 heteroatoms. The number of likely N-dealkylation sites (tertiary alicyclic amines) is 1. The molecule has 0 unspecified atom stereocenters. The first-order chi connectivity index (χ1) is 11.9. The second-order valence-corrected chi connectivity index (χ2v) is 7.52. The van der Waals surface area contributed by atoms with Gasteiger partial charge in [0.1, 0.15) is 12.3 Å². The van der Waals surface area contributed by atoms with E-state index in [2.05, 4.69) is 0 Å². The van der Waals surface area contributed by atoms with Crippen LogP contribution < -0.4 is 0 Å². The molecule has 0 atom stereocenters. The van der Waals surface area contributed by atoms with E-state index in [1.165, 1.54) is 18.2 Å². The van der Waals surface area contributed by atoms with Gasteiger partial charge in [0, 0.05) is 23.7 Å². The van der Waals surface area contributed by atoms with Crippen molar-refractivity contribution in [2.45, 2.75) is 12.8 Å². The third-order valence-electron chi connectivity index (χ3n) is 3.97. The van der Waals surface area contributed by atoms with Gasteiger partial charge >= 0.3 is 0 Å². The zero-order valence-corrected chi connectivity index (χ0v) is 15.3. The minimum Gasteiger partial charge on any atom is -0.506 e. The first-order valence-corrected chi connectivity index (χ1v) is 9.15. The van der Waals surface area contributed by atoms with Gasteiger partial charge in [-0.15, -0.1) is 0 Å². The van der Waals surface area contributed by atoms with Gasteiger partial charge in [-0.2, -0.15) is 0 Å². The van der Waals surface area contributed by atoms with Crippen molar-refractivity contribution >= 4 is 58.1 Å². The van der Waals surface area contributed by atoms with Crippen LogP contribution in [0.5, 0.6) is 5.75 Å². The summed E-state index contributed by atoms with van der Waals surface area (Å²) in [4.78, 5) is 39.4. The zero-order valence-electron chi connectivity index (χ0n) is 13.0. The Morgan fingerprint density at radius 3 is 2.60 bits per heavy atom. The molecule has 2 heterocycles. The van der Waals surface area contributed by atoms with Crippen molar-refractivity contribution in [1.29, 1.82) is 0 Å². The molecule has 2 aliphatic heterocycles. The average Bonchev–Trinajstić information content (AvgIpc) is 3.17. The van der Waals surface area contributed by atoms with Gasteiger partial charge in [0.15, 0.2) is 0 Å². The maximum absolute atomic E-state index is 12.4. The number of carbonyl (C=O) groups excluding carboxylic acids is 3. The summed E-state index contributed by atoms with van der Waals surface area (Å²) in [6.07, 6.45) is 3.21. The molecular formula is C16H14Cl2N2O4S. The molecule has 2 fully saturated rings. The Bertz CT molecular complexity index is 791. The van der Waals surface area contributed by atoms with Gasteiger partial charge in [-0.05, 0) is 42.8 Å². The molecule has 1 aromatic carbocycles. The maximum atomic E-state index is 12.4. The number of hydrogen-bond donors (Lipinski definition) is 1. The maximum Gasteiger partial charge on any atom is 0.294 e.